The van der Waals surface area contributed by atoms with Gasteiger partial charge in [-0.2, -0.15) is 0 Å². The van der Waals surface area contributed by atoms with Crippen molar-refractivity contribution in [1.29, 1.82) is 0 Å². The van der Waals surface area contributed by atoms with E-state index >= 15 is 0 Å². The molecule has 0 spiro atoms. The van der Waals surface area contributed by atoms with Gasteiger partial charge in [0.25, 0.3) is 5.82 Å². The summed E-state index contributed by atoms with van der Waals surface area (Å²) in [7, 11) is -5.17. The summed E-state index contributed by atoms with van der Waals surface area (Å²) in [5.74, 6) is 0.740. The van der Waals surface area contributed by atoms with E-state index in [4.69, 9.17) is 17.5 Å². The standard InChI is InChI=1S/C13H14N4O2.Cu.H2O4S/c1-9-13(19)11(10(8-18)6-15-9)7-16-17-12-4-2-3-5-14-12;;1-5(2,3)4/h2-7,18-19H,8H2,1H3,(H,14,17);;(H2,1,2,3,4)/q;+1;/p-1/b16-7+;;. The Kier molecular flexibility index (Phi) is 9.82. The molecule has 10 nitrogen and oxygen atoms in total. The van der Waals surface area contributed by atoms with Crippen LogP contribution in [-0.4, -0.2) is 38.9 Å². The third kappa shape index (κ3) is 9.10. The predicted molar refractivity (Wildman–Crippen MR) is 81.3 cm³/mol. The Morgan fingerprint density at radius 3 is 2.56 bits per heavy atom. The van der Waals surface area contributed by atoms with Gasteiger partial charge < -0.3 is 19.3 Å². The van der Waals surface area contributed by atoms with Crippen LogP contribution in [0.5, 0.6) is 5.75 Å². The van der Waals surface area contributed by atoms with E-state index in [-0.39, 0.29) is 29.4 Å². The van der Waals surface area contributed by atoms with Crippen LogP contribution in [0.4, 0.5) is 5.82 Å². The number of anilines is 1. The Morgan fingerprint density at radius 2 is 2.04 bits per heavy atom. The second-order valence-corrected chi connectivity index (χ2v) is 5.16. The van der Waals surface area contributed by atoms with E-state index in [1.54, 1.807) is 13.1 Å². The molecule has 2 rings (SSSR count). The average Bonchev–Trinajstić information content (AvgIpc) is 2.51. The average molecular weight is 419 g/mol. The Hall–Kier alpha value is -2.08. The van der Waals surface area contributed by atoms with Crippen molar-refractivity contribution in [3.05, 3.63) is 47.4 Å². The van der Waals surface area contributed by atoms with Crippen LogP contribution >= 0.6 is 0 Å². The monoisotopic (exact) mass is 418 g/mol. The van der Waals surface area contributed by atoms with Crippen LogP contribution in [0.15, 0.2) is 35.7 Å². The SMILES string of the molecule is Cc1ncc(CO)c(/C=N/Nc2cccc[nH+]2)c1O.O=S(=O)([O-])[O-].[Cu+]. The van der Waals surface area contributed by atoms with Crippen molar-refractivity contribution < 1.29 is 49.8 Å². The molecule has 0 aliphatic heterocycles. The van der Waals surface area contributed by atoms with Gasteiger partial charge in [-0.15, -0.1) is 5.43 Å². The number of aromatic amines is 1. The first kappa shape index (κ1) is 22.9. The van der Waals surface area contributed by atoms with Crippen molar-refractivity contribution in [3.8, 4) is 5.75 Å². The molecule has 0 unspecified atom stereocenters. The molecule has 0 aliphatic carbocycles. The number of hydrogen-bond acceptors (Lipinski definition) is 9. The minimum Gasteiger partial charge on any atom is -0.759 e. The van der Waals surface area contributed by atoms with Crippen molar-refractivity contribution >= 4 is 22.4 Å². The molecule has 0 saturated carbocycles. The number of H-pyrrole nitrogens is 1. The number of aromatic hydroxyl groups is 1. The van der Waals surface area contributed by atoms with Crippen molar-refractivity contribution in [2.75, 3.05) is 5.43 Å². The van der Waals surface area contributed by atoms with Gasteiger partial charge in [-0.05, 0) is 13.0 Å². The Balaban J connectivity index is 0.000000848. The summed E-state index contributed by atoms with van der Waals surface area (Å²) < 4.78 is 34.1. The molecule has 0 atom stereocenters. The summed E-state index contributed by atoms with van der Waals surface area (Å²) in [5, 5.41) is 23.1. The van der Waals surface area contributed by atoms with Gasteiger partial charge in [0.05, 0.1) is 24.7 Å². The zero-order valence-electron chi connectivity index (χ0n) is 12.8. The normalized spacial score (nSPS) is 10.6. The van der Waals surface area contributed by atoms with Crippen LogP contribution in [0.2, 0.25) is 0 Å². The smallest absolute Gasteiger partial charge is 0.759 e. The third-order valence-corrected chi connectivity index (χ3v) is 2.62. The number of aliphatic hydroxyl groups is 1. The number of rotatable bonds is 4. The van der Waals surface area contributed by atoms with Gasteiger partial charge in [0, 0.05) is 33.8 Å². The van der Waals surface area contributed by atoms with E-state index in [2.05, 4.69) is 20.5 Å². The molecule has 4 N–H and O–H groups in total. The van der Waals surface area contributed by atoms with Crippen LogP contribution < -0.4 is 10.4 Å². The number of pyridine rings is 2. The third-order valence-electron chi connectivity index (χ3n) is 2.62. The van der Waals surface area contributed by atoms with E-state index in [0.717, 1.165) is 5.82 Å². The largest absolute Gasteiger partial charge is 1.00 e. The van der Waals surface area contributed by atoms with E-state index in [9.17, 15) is 10.2 Å². The first-order valence-electron chi connectivity index (χ1n) is 6.43. The number of hydrogen-bond donors (Lipinski definition) is 3. The topological polar surface area (TPSA) is 172 Å². The molecule has 0 saturated heterocycles. The summed E-state index contributed by atoms with van der Waals surface area (Å²) in [6.45, 7) is 1.48. The molecule has 2 aromatic heterocycles. The summed E-state index contributed by atoms with van der Waals surface area (Å²) in [6.07, 6.45) is 4.74. The summed E-state index contributed by atoms with van der Waals surface area (Å²) in [5.41, 5.74) is 4.26. The predicted octanol–water partition coefficient (Wildman–Crippen LogP) is -0.492. The quantitative estimate of drug-likeness (QED) is 0.196. The van der Waals surface area contributed by atoms with Crippen molar-refractivity contribution in [3.63, 3.8) is 0 Å². The van der Waals surface area contributed by atoms with Gasteiger partial charge in [-0.25, -0.2) is 4.98 Å². The maximum atomic E-state index is 9.91. The maximum Gasteiger partial charge on any atom is 1.00 e. The molecule has 25 heavy (non-hydrogen) atoms. The Morgan fingerprint density at radius 1 is 1.40 bits per heavy atom. The second-order valence-electron chi connectivity index (χ2n) is 4.34. The fraction of sp³-hybridized carbons (Fsp3) is 0.154. The number of aromatic nitrogens is 2. The molecule has 0 aliphatic rings. The molecule has 2 heterocycles. The first-order chi connectivity index (χ1) is 11.2. The van der Waals surface area contributed by atoms with Crippen LogP contribution in [0.1, 0.15) is 16.8 Å². The van der Waals surface area contributed by atoms with Gasteiger partial charge >= 0.3 is 17.1 Å². The second kappa shape index (κ2) is 10.7. The van der Waals surface area contributed by atoms with Crippen molar-refractivity contribution in [2.45, 2.75) is 13.5 Å². The summed E-state index contributed by atoms with van der Waals surface area (Å²) in [4.78, 5) is 6.94. The van der Waals surface area contributed by atoms with Gasteiger partial charge in [0.15, 0.2) is 0 Å². The van der Waals surface area contributed by atoms with Gasteiger partial charge in [-0.3, -0.25) is 13.4 Å². The van der Waals surface area contributed by atoms with Crippen LogP contribution in [-0.2, 0) is 34.1 Å². The minimum absolute atomic E-state index is 0. The molecule has 0 amide bonds. The molecular formula is C13H15CuN4O6S. The summed E-state index contributed by atoms with van der Waals surface area (Å²) >= 11 is 0. The van der Waals surface area contributed by atoms with Crippen LogP contribution in [0.25, 0.3) is 0 Å². The molecule has 0 radical (unpaired) electrons. The fourth-order valence-electron chi connectivity index (χ4n) is 1.55. The molecular weight excluding hydrogens is 404 g/mol. The number of nitrogens with one attached hydrogen (secondary N) is 2. The Bertz CT molecular complexity index is 794. The van der Waals surface area contributed by atoms with E-state index < -0.39 is 10.4 Å². The number of aliphatic hydroxyl groups excluding tert-OH is 1. The van der Waals surface area contributed by atoms with Crippen molar-refractivity contribution in [1.82, 2.24) is 4.98 Å². The van der Waals surface area contributed by atoms with E-state index in [1.165, 1.54) is 12.4 Å². The zero-order valence-corrected chi connectivity index (χ0v) is 14.6. The maximum absolute atomic E-state index is 9.91. The minimum atomic E-state index is -5.17. The molecule has 0 bridgehead atoms. The van der Waals surface area contributed by atoms with Crippen LogP contribution in [0, 0.1) is 6.92 Å². The van der Waals surface area contributed by atoms with Crippen LogP contribution in [0.3, 0.4) is 0 Å². The fourth-order valence-corrected chi connectivity index (χ4v) is 1.55. The van der Waals surface area contributed by atoms with Gasteiger partial charge in [0.1, 0.15) is 5.75 Å². The van der Waals surface area contributed by atoms with E-state index in [0.29, 0.717) is 16.8 Å². The zero-order chi connectivity index (χ0) is 18.2. The van der Waals surface area contributed by atoms with Gasteiger partial charge in [0.2, 0.25) is 0 Å². The molecule has 12 heteroatoms. The number of hydrazone groups is 1. The van der Waals surface area contributed by atoms with Crippen molar-refractivity contribution in [2.24, 2.45) is 5.10 Å². The van der Waals surface area contributed by atoms with E-state index in [1.807, 2.05) is 18.2 Å². The van der Waals surface area contributed by atoms with Gasteiger partial charge in [-0.1, -0.05) is 11.2 Å². The molecule has 2 aromatic rings. The molecule has 0 aromatic carbocycles. The summed E-state index contributed by atoms with van der Waals surface area (Å²) in [6, 6.07) is 5.54. The molecule has 140 valence electrons. The number of nitrogens with zero attached hydrogens (tertiary/aromatic N) is 2. The Labute approximate surface area is 154 Å². The molecule has 0 fully saturated rings. The first-order valence-corrected chi connectivity index (χ1v) is 7.76. The number of aryl methyl sites for hydroxylation is 1.